The number of hydrogen-bond acceptors (Lipinski definition) is 4. The van der Waals surface area contributed by atoms with Crippen LogP contribution < -0.4 is 5.32 Å². The molecule has 2 atom stereocenters. The Morgan fingerprint density at radius 2 is 2.05 bits per heavy atom. The first kappa shape index (κ1) is 16.7. The molecule has 0 bridgehead atoms. The Bertz CT molecular complexity index is 360. The highest BCUT2D eigenvalue weighted by atomic mass is 15.2. The van der Waals surface area contributed by atoms with Crippen LogP contribution in [0.2, 0.25) is 0 Å². The van der Waals surface area contributed by atoms with Gasteiger partial charge in [0.15, 0.2) is 0 Å². The van der Waals surface area contributed by atoms with Gasteiger partial charge in [-0.1, -0.05) is 0 Å². The number of unbranched alkanes of at least 4 members (excludes halogenated alkanes) is 1. The third-order valence-electron chi connectivity index (χ3n) is 4.90. The van der Waals surface area contributed by atoms with Gasteiger partial charge in [-0.05, 0) is 79.1 Å². The molecule has 1 heterocycles. The number of rotatable bonds is 7. The summed E-state index contributed by atoms with van der Waals surface area (Å²) in [5.74, 6) is 0. The summed E-state index contributed by atoms with van der Waals surface area (Å²) in [7, 11) is 2.22. The zero-order chi connectivity index (χ0) is 15.3. The van der Waals surface area contributed by atoms with Gasteiger partial charge in [0.1, 0.15) is 5.54 Å². The molecule has 2 fully saturated rings. The van der Waals surface area contributed by atoms with Crippen molar-refractivity contribution in [3.63, 3.8) is 0 Å². The lowest BCUT2D eigenvalue weighted by molar-refractivity contribution is 0.197. The number of nitriles is 1. The lowest BCUT2D eigenvalue weighted by Crippen LogP contribution is -2.42. The number of nitrogens with zero attached hydrogens (tertiary/aromatic N) is 3. The Morgan fingerprint density at radius 3 is 2.71 bits per heavy atom. The van der Waals surface area contributed by atoms with E-state index in [1.165, 1.54) is 51.9 Å². The molecular formula is C17H32N4. The van der Waals surface area contributed by atoms with E-state index >= 15 is 0 Å². The molecule has 4 heteroatoms. The fraction of sp³-hybridized carbons (Fsp3) is 0.941. The highest BCUT2D eigenvalue weighted by Gasteiger charge is 2.32. The van der Waals surface area contributed by atoms with Crippen LogP contribution in [0.1, 0.15) is 52.4 Å². The van der Waals surface area contributed by atoms with Gasteiger partial charge in [-0.3, -0.25) is 10.2 Å². The molecule has 2 aliphatic rings. The molecule has 2 unspecified atom stereocenters. The van der Waals surface area contributed by atoms with Gasteiger partial charge in [0, 0.05) is 18.6 Å². The summed E-state index contributed by atoms with van der Waals surface area (Å²) in [5.41, 5.74) is -0.314. The monoisotopic (exact) mass is 292 g/mol. The van der Waals surface area contributed by atoms with E-state index in [-0.39, 0.29) is 5.54 Å². The lowest BCUT2D eigenvalue weighted by atomic mass is 9.96. The number of hydrogen-bond donors (Lipinski definition) is 1. The first-order valence-electron chi connectivity index (χ1n) is 8.64. The number of likely N-dealkylation sites (N-methyl/N-ethyl adjacent to an activating group) is 1. The van der Waals surface area contributed by atoms with Crippen molar-refractivity contribution in [2.75, 3.05) is 33.2 Å². The summed E-state index contributed by atoms with van der Waals surface area (Å²) in [6.45, 7) is 9.21. The van der Waals surface area contributed by atoms with Crippen LogP contribution in [-0.4, -0.2) is 60.6 Å². The molecule has 1 aliphatic heterocycles. The second-order valence-corrected chi connectivity index (χ2v) is 7.32. The van der Waals surface area contributed by atoms with E-state index in [9.17, 15) is 5.26 Å². The van der Waals surface area contributed by atoms with E-state index in [2.05, 4.69) is 42.1 Å². The Hall–Kier alpha value is -0.630. The lowest BCUT2D eigenvalue weighted by Gasteiger charge is -2.28. The second kappa shape index (κ2) is 7.58. The van der Waals surface area contributed by atoms with Gasteiger partial charge in [0.2, 0.25) is 0 Å². The predicted octanol–water partition coefficient (Wildman–Crippen LogP) is 2.22. The van der Waals surface area contributed by atoms with Crippen molar-refractivity contribution in [3.05, 3.63) is 0 Å². The van der Waals surface area contributed by atoms with E-state index in [0.29, 0.717) is 12.1 Å². The molecule has 120 valence electrons. The molecular weight excluding hydrogens is 260 g/mol. The van der Waals surface area contributed by atoms with E-state index in [4.69, 9.17) is 0 Å². The van der Waals surface area contributed by atoms with Crippen LogP contribution in [-0.2, 0) is 0 Å². The van der Waals surface area contributed by atoms with E-state index < -0.39 is 0 Å². The van der Waals surface area contributed by atoms with Crippen molar-refractivity contribution >= 4 is 0 Å². The van der Waals surface area contributed by atoms with Crippen molar-refractivity contribution in [1.29, 1.82) is 5.26 Å². The molecule has 2 rings (SSSR count). The van der Waals surface area contributed by atoms with Crippen LogP contribution in [0.15, 0.2) is 0 Å². The minimum absolute atomic E-state index is 0.314. The maximum absolute atomic E-state index is 9.39. The second-order valence-electron chi connectivity index (χ2n) is 7.32. The van der Waals surface area contributed by atoms with Crippen molar-refractivity contribution in [1.82, 2.24) is 15.1 Å². The fourth-order valence-electron chi connectivity index (χ4n) is 3.39. The summed E-state index contributed by atoms with van der Waals surface area (Å²) in [6, 6.07) is 3.75. The molecule has 1 N–H and O–H groups in total. The van der Waals surface area contributed by atoms with Crippen molar-refractivity contribution in [2.45, 2.75) is 70.0 Å². The average Bonchev–Trinajstić information content (AvgIpc) is 3.25. The van der Waals surface area contributed by atoms with Gasteiger partial charge in [0.25, 0.3) is 0 Å². The molecule has 1 aliphatic carbocycles. The van der Waals surface area contributed by atoms with Crippen molar-refractivity contribution in [3.8, 4) is 6.07 Å². The third-order valence-corrected chi connectivity index (χ3v) is 4.90. The predicted molar refractivity (Wildman–Crippen MR) is 87.2 cm³/mol. The minimum atomic E-state index is -0.314. The van der Waals surface area contributed by atoms with Gasteiger partial charge in [-0.2, -0.15) is 5.26 Å². The maximum Gasteiger partial charge on any atom is 0.104 e. The van der Waals surface area contributed by atoms with Gasteiger partial charge in [-0.15, -0.1) is 0 Å². The summed E-state index contributed by atoms with van der Waals surface area (Å²) < 4.78 is 0. The largest absolute Gasteiger partial charge is 0.305 e. The molecule has 0 aromatic heterocycles. The first-order valence-corrected chi connectivity index (χ1v) is 8.64. The van der Waals surface area contributed by atoms with Crippen LogP contribution in [0, 0.1) is 11.3 Å². The summed E-state index contributed by atoms with van der Waals surface area (Å²) in [4.78, 5) is 5.07. The summed E-state index contributed by atoms with van der Waals surface area (Å²) >= 11 is 0. The fourth-order valence-corrected chi connectivity index (χ4v) is 3.39. The normalized spacial score (nSPS) is 27.8. The highest BCUT2D eigenvalue weighted by molar-refractivity contribution is 5.06. The zero-order valence-electron chi connectivity index (χ0n) is 14.1. The van der Waals surface area contributed by atoms with Gasteiger partial charge >= 0.3 is 0 Å². The SMILES string of the molecule is CC1CN(C)CCCN1CCCCC(C)(C#N)NC1CC1. The average molecular weight is 292 g/mol. The van der Waals surface area contributed by atoms with Crippen LogP contribution >= 0.6 is 0 Å². The van der Waals surface area contributed by atoms with Gasteiger partial charge in [0.05, 0.1) is 6.07 Å². The summed E-state index contributed by atoms with van der Waals surface area (Å²) in [5, 5.41) is 12.9. The first-order chi connectivity index (χ1) is 10.0. The van der Waals surface area contributed by atoms with E-state index in [1.54, 1.807) is 0 Å². The number of nitrogens with one attached hydrogen (secondary N) is 1. The Morgan fingerprint density at radius 1 is 1.29 bits per heavy atom. The molecule has 1 saturated heterocycles. The molecule has 0 spiro atoms. The Balaban J connectivity index is 1.67. The zero-order valence-corrected chi connectivity index (χ0v) is 14.1. The van der Waals surface area contributed by atoms with E-state index in [1.807, 2.05) is 0 Å². The van der Waals surface area contributed by atoms with Crippen LogP contribution in [0.3, 0.4) is 0 Å². The molecule has 1 saturated carbocycles. The molecule has 0 amide bonds. The quantitative estimate of drug-likeness (QED) is 0.731. The molecule has 0 radical (unpaired) electrons. The molecule has 0 aromatic rings. The van der Waals surface area contributed by atoms with Crippen molar-refractivity contribution < 1.29 is 0 Å². The smallest absolute Gasteiger partial charge is 0.104 e. The van der Waals surface area contributed by atoms with Crippen LogP contribution in [0.4, 0.5) is 0 Å². The maximum atomic E-state index is 9.39. The Kier molecular flexibility index (Phi) is 6.04. The standard InChI is InChI=1S/C17H32N4/c1-15-13-20(3)10-6-12-21(15)11-5-4-9-17(2,14-18)19-16-7-8-16/h15-16,19H,4-13H2,1-3H3. The Labute approximate surface area is 130 Å². The minimum Gasteiger partial charge on any atom is -0.305 e. The van der Waals surface area contributed by atoms with Crippen LogP contribution in [0.5, 0.6) is 0 Å². The highest BCUT2D eigenvalue weighted by Crippen LogP contribution is 2.25. The molecule has 4 nitrogen and oxygen atoms in total. The van der Waals surface area contributed by atoms with Crippen LogP contribution in [0.25, 0.3) is 0 Å². The topological polar surface area (TPSA) is 42.3 Å². The van der Waals surface area contributed by atoms with Crippen molar-refractivity contribution in [2.24, 2.45) is 0 Å². The van der Waals surface area contributed by atoms with Gasteiger partial charge < -0.3 is 4.90 Å². The molecule has 0 aromatic carbocycles. The third kappa shape index (κ3) is 5.58. The molecule has 21 heavy (non-hydrogen) atoms. The van der Waals surface area contributed by atoms with E-state index in [0.717, 1.165) is 12.8 Å². The van der Waals surface area contributed by atoms with Gasteiger partial charge in [-0.25, -0.2) is 0 Å². The summed E-state index contributed by atoms with van der Waals surface area (Å²) in [6.07, 6.45) is 7.09.